The van der Waals surface area contributed by atoms with Crippen LogP contribution in [-0.2, 0) is 0 Å². The Labute approximate surface area is 119 Å². The summed E-state index contributed by atoms with van der Waals surface area (Å²) in [6, 6.07) is 10.2. The van der Waals surface area contributed by atoms with E-state index >= 15 is 0 Å². The Morgan fingerprint density at radius 3 is 2.65 bits per heavy atom. The number of fused-ring (bicyclic) bond motifs is 1. The first-order valence-electron chi connectivity index (χ1n) is 6.19. The van der Waals surface area contributed by atoms with Gasteiger partial charge in [0.1, 0.15) is 0 Å². The van der Waals surface area contributed by atoms with E-state index in [0.717, 1.165) is 16.6 Å². The van der Waals surface area contributed by atoms with Crippen LogP contribution in [0, 0.1) is 0 Å². The van der Waals surface area contributed by atoms with Crippen molar-refractivity contribution in [2.45, 2.75) is 0 Å². The van der Waals surface area contributed by atoms with Gasteiger partial charge in [-0.2, -0.15) is 5.10 Å². The third-order valence-corrected chi connectivity index (χ3v) is 4.01. The summed E-state index contributed by atoms with van der Waals surface area (Å²) >= 11 is 1.64. The zero-order chi connectivity index (χ0) is 13.4. The molecule has 0 fully saturated rings. The molecule has 0 amide bonds. The first-order chi connectivity index (χ1) is 9.92. The summed E-state index contributed by atoms with van der Waals surface area (Å²) < 4.78 is 1.92. The van der Waals surface area contributed by atoms with Crippen LogP contribution in [0.25, 0.3) is 27.0 Å². The number of pyridine rings is 1. The lowest BCUT2D eigenvalue weighted by Gasteiger charge is -2.03. The van der Waals surface area contributed by atoms with E-state index in [1.807, 2.05) is 34.7 Å². The number of benzene rings is 1. The van der Waals surface area contributed by atoms with Crippen LogP contribution in [0.2, 0.25) is 0 Å². The third kappa shape index (κ3) is 1.80. The molecule has 1 aromatic carbocycles. The highest BCUT2D eigenvalue weighted by atomic mass is 32.1. The second kappa shape index (κ2) is 4.54. The Morgan fingerprint density at radius 1 is 0.950 bits per heavy atom. The van der Waals surface area contributed by atoms with E-state index in [-0.39, 0.29) is 0 Å². The molecule has 0 aliphatic rings. The molecular weight excluding hydrogens is 268 g/mol. The molecule has 4 aromatic rings. The van der Waals surface area contributed by atoms with Gasteiger partial charge in [-0.1, -0.05) is 6.07 Å². The molecule has 0 atom stereocenters. The molecule has 0 radical (unpaired) electrons. The third-order valence-electron chi connectivity index (χ3n) is 3.19. The molecule has 0 unspecified atom stereocenters. The number of hydrogen-bond donors (Lipinski definition) is 0. The van der Waals surface area contributed by atoms with Crippen LogP contribution in [0.5, 0.6) is 0 Å². The average molecular weight is 278 g/mol. The number of nitrogens with zero attached hydrogens (tertiary/aromatic N) is 4. The molecular formula is C15H10N4S. The van der Waals surface area contributed by atoms with Crippen LogP contribution in [0.3, 0.4) is 0 Å². The van der Waals surface area contributed by atoms with Gasteiger partial charge in [-0.15, -0.1) is 11.3 Å². The smallest absolute Gasteiger partial charge is 0.0797 e. The molecule has 4 rings (SSSR count). The predicted molar refractivity (Wildman–Crippen MR) is 80.0 cm³/mol. The molecule has 20 heavy (non-hydrogen) atoms. The summed E-state index contributed by atoms with van der Waals surface area (Å²) in [5.41, 5.74) is 5.12. The highest BCUT2D eigenvalue weighted by molar-refractivity contribution is 7.13. The van der Waals surface area contributed by atoms with E-state index in [0.29, 0.717) is 0 Å². The van der Waals surface area contributed by atoms with Crippen LogP contribution in [0.1, 0.15) is 0 Å². The van der Waals surface area contributed by atoms with Gasteiger partial charge >= 0.3 is 0 Å². The van der Waals surface area contributed by atoms with Gasteiger partial charge in [-0.25, -0.2) is 4.68 Å². The summed E-state index contributed by atoms with van der Waals surface area (Å²) in [5, 5.41) is 5.58. The second-order valence-electron chi connectivity index (χ2n) is 4.40. The van der Waals surface area contributed by atoms with E-state index < -0.39 is 0 Å². The maximum absolute atomic E-state index is 4.46. The molecule has 3 aromatic heterocycles. The van der Waals surface area contributed by atoms with Crippen molar-refractivity contribution >= 4 is 22.2 Å². The van der Waals surface area contributed by atoms with Crippen molar-refractivity contribution < 1.29 is 0 Å². The molecule has 5 heteroatoms. The summed E-state index contributed by atoms with van der Waals surface area (Å²) in [7, 11) is 0. The van der Waals surface area contributed by atoms with Crippen molar-refractivity contribution in [3.63, 3.8) is 0 Å². The molecule has 0 spiro atoms. The van der Waals surface area contributed by atoms with Crippen molar-refractivity contribution in [1.82, 2.24) is 19.7 Å². The Balaban J connectivity index is 1.87. The number of rotatable bonds is 2. The maximum Gasteiger partial charge on any atom is 0.0797 e. The van der Waals surface area contributed by atoms with Crippen molar-refractivity contribution in [2.75, 3.05) is 0 Å². The van der Waals surface area contributed by atoms with Gasteiger partial charge in [0, 0.05) is 24.0 Å². The maximum atomic E-state index is 4.46. The van der Waals surface area contributed by atoms with Gasteiger partial charge in [0.15, 0.2) is 0 Å². The molecule has 4 nitrogen and oxygen atoms in total. The van der Waals surface area contributed by atoms with Crippen LogP contribution in [-0.4, -0.2) is 19.7 Å². The Bertz CT molecular complexity index is 850. The zero-order valence-corrected chi connectivity index (χ0v) is 11.3. The normalized spacial score (nSPS) is 11.0. The van der Waals surface area contributed by atoms with E-state index in [4.69, 9.17) is 0 Å². The molecule has 0 N–H and O–H groups in total. The molecule has 3 heterocycles. The van der Waals surface area contributed by atoms with Crippen molar-refractivity contribution in [2.24, 2.45) is 0 Å². The van der Waals surface area contributed by atoms with E-state index in [2.05, 4.69) is 33.3 Å². The van der Waals surface area contributed by atoms with Crippen molar-refractivity contribution in [1.29, 1.82) is 0 Å². The summed E-state index contributed by atoms with van der Waals surface area (Å²) in [6.07, 6.45) is 7.32. The Morgan fingerprint density at radius 2 is 1.85 bits per heavy atom. The minimum absolute atomic E-state index is 1.01. The fourth-order valence-electron chi connectivity index (χ4n) is 2.24. The molecule has 0 aliphatic carbocycles. The minimum atomic E-state index is 1.01. The summed E-state index contributed by atoms with van der Waals surface area (Å²) in [5.74, 6) is 0. The molecule has 0 saturated heterocycles. The lowest BCUT2D eigenvalue weighted by atomic mass is 10.1. The fourth-order valence-corrected chi connectivity index (χ4v) is 2.86. The van der Waals surface area contributed by atoms with Gasteiger partial charge in [0.25, 0.3) is 0 Å². The largest absolute Gasteiger partial charge is 0.265 e. The van der Waals surface area contributed by atoms with Crippen LogP contribution >= 0.6 is 11.3 Å². The first-order valence-corrected chi connectivity index (χ1v) is 7.07. The molecule has 0 saturated carbocycles. The summed E-state index contributed by atoms with van der Waals surface area (Å²) in [6.45, 7) is 0. The second-order valence-corrected chi connectivity index (χ2v) is 5.29. The summed E-state index contributed by atoms with van der Waals surface area (Å²) in [4.78, 5) is 9.33. The predicted octanol–water partition coefficient (Wildman–Crippen LogP) is 3.54. The van der Waals surface area contributed by atoms with Crippen LogP contribution in [0.15, 0.2) is 60.6 Å². The van der Waals surface area contributed by atoms with Crippen LogP contribution < -0.4 is 0 Å². The van der Waals surface area contributed by atoms with E-state index in [1.165, 1.54) is 10.4 Å². The zero-order valence-electron chi connectivity index (χ0n) is 10.5. The highest BCUT2D eigenvalue weighted by Gasteiger charge is 2.07. The van der Waals surface area contributed by atoms with Crippen LogP contribution in [0.4, 0.5) is 0 Å². The quantitative estimate of drug-likeness (QED) is 0.563. The van der Waals surface area contributed by atoms with Gasteiger partial charge in [0.2, 0.25) is 0 Å². The standard InChI is InChI=1S/C15H10N4S/c1-2-14-12(7-11(1)15-9-17-10-20-15)8-18-19(14)13-3-5-16-6-4-13/h1-10H. The topological polar surface area (TPSA) is 43.6 Å². The number of hydrogen-bond acceptors (Lipinski definition) is 4. The minimum Gasteiger partial charge on any atom is -0.265 e. The Kier molecular flexibility index (Phi) is 2.57. The van der Waals surface area contributed by atoms with Gasteiger partial charge in [0.05, 0.1) is 27.8 Å². The molecule has 0 aliphatic heterocycles. The van der Waals surface area contributed by atoms with Crippen molar-refractivity contribution in [3.05, 3.63) is 60.6 Å². The number of aromatic nitrogens is 4. The Hall–Kier alpha value is -2.53. The van der Waals surface area contributed by atoms with Crippen molar-refractivity contribution in [3.8, 4) is 16.1 Å². The first kappa shape index (κ1) is 11.3. The monoisotopic (exact) mass is 278 g/mol. The van der Waals surface area contributed by atoms with Gasteiger partial charge < -0.3 is 0 Å². The average Bonchev–Trinajstić information content (AvgIpc) is 3.17. The van der Waals surface area contributed by atoms with E-state index in [1.54, 1.807) is 23.7 Å². The van der Waals surface area contributed by atoms with E-state index in [9.17, 15) is 0 Å². The van der Waals surface area contributed by atoms with Gasteiger partial charge in [-0.05, 0) is 29.8 Å². The highest BCUT2D eigenvalue weighted by Crippen LogP contribution is 2.27. The molecule has 0 bridgehead atoms. The molecule has 96 valence electrons. The van der Waals surface area contributed by atoms with Gasteiger partial charge in [-0.3, -0.25) is 9.97 Å². The fraction of sp³-hybridized carbons (Fsp3) is 0. The SMILES string of the molecule is c1cc(-n2ncc3cc(-c4cncs4)ccc32)ccn1. The lowest BCUT2D eigenvalue weighted by Crippen LogP contribution is -1.95. The lowest BCUT2D eigenvalue weighted by molar-refractivity contribution is 0.907. The number of thiazole rings is 1.